The molecule has 0 bridgehead atoms. The van der Waals surface area contributed by atoms with Gasteiger partial charge in [-0.1, -0.05) is 0 Å². The van der Waals surface area contributed by atoms with E-state index < -0.39 is 16.6 Å². The molecule has 0 saturated heterocycles. The average molecular weight is 241 g/mol. The topological polar surface area (TPSA) is 84.3 Å². The van der Waals surface area contributed by atoms with Crippen LogP contribution in [-0.2, 0) is 4.79 Å². The number of hydrogen-bond acceptors (Lipinski definition) is 4. The molecule has 0 fully saturated rings. The van der Waals surface area contributed by atoms with Crippen molar-refractivity contribution in [2.24, 2.45) is 0 Å². The number of hydrogen-bond donors (Lipinski definition) is 2. The van der Waals surface area contributed by atoms with E-state index in [0.29, 0.717) is 6.54 Å². The van der Waals surface area contributed by atoms with Crippen LogP contribution in [0.25, 0.3) is 0 Å². The molecule has 0 aliphatic rings. The molecule has 1 rings (SSSR count). The number of anilines is 1. The number of nitro benzene ring substituents is 1. The molecule has 6 nitrogen and oxygen atoms in total. The highest BCUT2D eigenvalue weighted by Gasteiger charge is 2.12. The third-order valence-corrected chi connectivity index (χ3v) is 2.04. The Kier molecular flexibility index (Phi) is 4.53. The molecule has 7 heteroatoms. The van der Waals surface area contributed by atoms with Gasteiger partial charge in [0.25, 0.3) is 5.69 Å². The summed E-state index contributed by atoms with van der Waals surface area (Å²) in [5.41, 5.74) is -0.449. The molecular formula is C10H12FN3O3. The first kappa shape index (κ1) is 13.0. The maximum Gasteiger partial charge on any atom is 0.271 e. The van der Waals surface area contributed by atoms with E-state index in [2.05, 4.69) is 10.6 Å². The van der Waals surface area contributed by atoms with E-state index in [9.17, 15) is 19.3 Å². The molecule has 0 aromatic heterocycles. The van der Waals surface area contributed by atoms with Crippen molar-refractivity contribution >= 4 is 17.3 Å². The number of nitrogens with zero attached hydrogens (tertiary/aromatic N) is 1. The van der Waals surface area contributed by atoms with Crippen molar-refractivity contribution in [1.29, 1.82) is 0 Å². The summed E-state index contributed by atoms with van der Waals surface area (Å²) >= 11 is 0. The Balaban J connectivity index is 2.79. The van der Waals surface area contributed by atoms with E-state index in [0.717, 1.165) is 18.2 Å². The molecule has 1 aromatic carbocycles. The number of carbonyl (C=O) groups is 1. The third kappa shape index (κ3) is 3.80. The second-order valence-electron chi connectivity index (χ2n) is 3.32. The van der Waals surface area contributed by atoms with Gasteiger partial charge in [0.05, 0.1) is 10.6 Å². The van der Waals surface area contributed by atoms with Crippen molar-refractivity contribution in [3.63, 3.8) is 0 Å². The molecule has 0 atom stereocenters. The maximum absolute atomic E-state index is 13.3. The lowest BCUT2D eigenvalue weighted by Crippen LogP contribution is -2.19. The van der Waals surface area contributed by atoms with Crippen LogP contribution in [0.5, 0.6) is 0 Å². The molecule has 0 radical (unpaired) electrons. The normalized spacial score (nSPS) is 10.0. The zero-order chi connectivity index (χ0) is 12.8. The summed E-state index contributed by atoms with van der Waals surface area (Å²) < 4.78 is 13.3. The molecule has 2 N–H and O–H groups in total. The van der Waals surface area contributed by atoms with Crippen molar-refractivity contribution < 1.29 is 14.1 Å². The van der Waals surface area contributed by atoms with E-state index in [1.54, 1.807) is 7.05 Å². The Labute approximate surface area is 97.0 Å². The minimum atomic E-state index is -0.701. The maximum atomic E-state index is 13.3. The number of nitrogens with one attached hydrogen (secondary N) is 2. The highest BCUT2D eigenvalue weighted by atomic mass is 19.1. The molecule has 0 unspecified atom stereocenters. The molecule has 1 aromatic rings. The molecule has 0 heterocycles. The third-order valence-electron chi connectivity index (χ3n) is 2.04. The quantitative estimate of drug-likeness (QED) is 0.600. The molecule has 0 spiro atoms. The number of nitro groups is 1. The van der Waals surface area contributed by atoms with Gasteiger partial charge in [-0.2, -0.15) is 0 Å². The Morgan fingerprint density at radius 1 is 1.53 bits per heavy atom. The fourth-order valence-corrected chi connectivity index (χ4v) is 1.17. The highest BCUT2D eigenvalue weighted by molar-refractivity contribution is 5.91. The minimum absolute atomic E-state index is 0.165. The Morgan fingerprint density at radius 3 is 2.82 bits per heavy atom. The second kappa shape index (κ2) is 5.90. The minimum Gasteiger partial charge on any atom is -0.323 e. The van der Waals surface area contributed by atoms with Gasteiger partial charge in [0.2, 0.25) is 5.91 Å². The fraction of sp³-hybridized carbons (Fsp3) is 0.300. The van der Waals surface area contributed by atoms with Gasteiger partial charge >= 0.3 is 0 Å². The summed E-state index contributed by atoms with van der Waals surface area (Å²) in [5, 5.41) is 15.5. The van der Waals surface area contributed by atoms with E-state index in [-0.39, 0.29) is 17.8 Å². The first-order valence-corrected chi connectivity index (χ1v) is 4.93. The predicted octanol–water partition coefficient (Wildman–Crippen LogP) is 1.28. The Bertz CT molecular complexity index is 437. The number of amides is 1. The van der Waals surface area contributed by atoms with Gasteiger partial charge in [-0.3, -0.25) is 14.9 Å². The van der Waals surface area contributed by atoms with Crippen LogP contribution < -0.4 is 10.6 Å². The summed E-state index contributed by atoms with van der Waals surface area (Å²) in [5.74, 6) is -1.10. The lowest BCUT2D eigenvalue weighted by molar-refractivity contribution is -0.384. The largest absolute Gasteiger partial charge is 0.323 e. The Hall–Kier alpha value is -2.02. The monoisotopic (exact) mass is 241 g/mol. The lowest BCUT2D eigenvalue weighted by Gasteiger charge is -2.05. The molecule has 0 aliphatic heterocycles. The van der Waals surface area contributed by atoms with E-state index in [1.165, 1.54) is 0 Å². The highest BCUT2D eigenvalue weighted by Crippen LogP contribution is 2.21. The number of benzene rings is 1. The molecule has 0 saturated carbocycles. The number of rotatable bonds is 5. The van der Waals surface area contributed by atoms with Crippen LogP contribution in [0.1, 0.15) is 6.42 Å². The van der Waals surface area contributed by atoms with Crippen LogP contribution in [0.3, 0.4) is 0 Å². The van der Waals surface area contributed by atoms with Gasteiger partial charge in [0.1, 0.15) is 5.82 Å². The van der Waals surface area contributed by atoms with Gasteiger partial charge < -0.3 is 10.6 Å². The standard InChI is InChI=1S/C10H12FN3O3/c1-12-5-4-10(15)13-9-6-7(14(16)17)2-3-8(9)11/h2-3,6,12H,4-5H2,1H3,(H,13,15). The summed E-state index contributed by atoms with van der Waals surface area (Å²) in [6.07, 6.45) is 0.165. The lowest BCUT2D eigenvalue weighted by atomic mass is 10.2. The van der Waals surface area contributed by atoms with Crippen LogP contribution in [0.4, 0.5) is 15.8 Å². The Morgan fingerprint density at radius 2 is 2.24 bits per heavy atom. The summed E-state index contributed by atoms with van der Waals surface area (Å²) in [7, 11) is 1.68. The number of carbonyl (C=O) groups excluding carboxylic acids is 1. The van der Waals surface area contributed by atoms with Gasteiger partial charge in [0.15, 0.2) is 0 Å². The second-order valence-corrected chi connectivity index (χ2v) is 3.32. The van der Waals surface area contributed by atoms with E-state index >= 15 is 0 Å². The zero-order valence-electron chi connectivity index (χ0n) is 9.20. The van der Waals surface area contributed by atoms with Crippen LogP contribution in [0.15, 0.2) is 18.2 Å². The summed E-state index contributed by atoms with van der Waals surface area (Å²) in [4.78, 5) is 21.1. The van der Waals surface area contributed by atoms with E-state index in [1.807, 2.05) is 0 Å². The smallest absolute Gasteiger partial charge is 0.271 e. The van der Waals surface area contributed by atoms with Crippen molar-refractivity contribution in [2.75, 3.05) is 18.9 Å². The zero-order valence-corrected chi connectivity index (χ0v) is 9.20. The van der Waals surface area contributed by atoms with Crippen molar-refractivity contribution in [2.45, 2.75) is 6.42 Å². The number of non-ortho nitro benzene ring substituents is 1. The summed E-state index contributed by atoms with van der Waals surface area (Å²) in [6.45, 7) is 0.447. The SMILES string of the molecule is CNCCC(=O)Nc1cc([N+](=O)[O-])ccc1F. The number of halogens is 1. The van der Waals surface area contributed by atoms with Gasteiger partial charge in [-0.15, -0.1) is 0 Å². The predicted molar refractivity (Wildman–Crippen MR) is 60.2 cm³/mol. The van der Waals surface area contributed by atoms with E-state index in [4.69, 9.17) is 0 Å². The molecule has 92 valence electrons. The molecule has 17 heavy (non-hydrogen) atoms. The van der Waals surface area contributed by atoms with Crippen LogP contribution >= 0.6 is 0 Å². The van der Waals surface area contributed by atoms with Gasteiger partial charge in [0, 0.05) is 25.1 Å². The average Bonchev–Trinajstić information content (AvgIpc) is 2.29. The molecular weight excluding hydrogens is 229 g/mol. The molecule has 0 aliphatic carbocycles. The van der Waals surface area contributed by atoms with Crippen molar-refractivity contribution in [1.82, 2.24) is 5.32 Å². The van der Waals surface area contributed by atoms with Gasteiger partial charge in [-0.05, 0) is 13.1 Å². The first-order valence-electron chi connectivity index (χ1n) is 4.93. The molecule has 1 amide bonds. The fourth-order valence-electron chi connectivity index (χ4n) is 1.17. The van der Waals surface area contributed by atoms with Crippen LogP contribution in [-0.4, -0.2) is 24.4 Å². The van der Waals surface area contributed by atoms with Crippen LogP contribution in [0.2, 0.25) is 0 Å². The van der Waals surface area contributed by atoms with Gasteiger partial charge in [-0.25, -0.2) is 4.39 Å². The summed E-state index contributed by atoms with van der Waals surface area (Å²) in [6, 6.07) is 2.98. The van der Waals surface area contributed by atoms with Crippen molar-refractivity contribution in [3.8, 4) is 0 Å². The first-order chi connectivity index (χ1) is 8.04. The van der Waals surface area contributed by atoms with Crippen molar-refractivity contribution in [3.05, 3.63) is 34.1 Å². The van der Waals surface area contributed by atoms with Crippen LogP contribution in [0, 0.1) is 15.9 Å².